The van der Waals surface area contributed by atoms with Crippen molar-refractivity contribution in [3.8, 4) is 5.75 Å². The molecule has 0 spiro atoms. The van der Waals surface area contributed by atoms with Crippen LogP contribution in [0.5, 0.6) is 5.75 Å². The Morgan fingerprint density at radius 3 is 2.48 bits per heavy atom. The number of ether oxygens (including phenoxy) is 1. The Hall–Kier alpha value is -2.40. The van der Waals surface area contributed by atoms with E-state index in [4.69, 9.17) is 9.15 Å². The van der Waals surface area contributed by atoms with Gasteiger partial charge in [-0.05, 0) is 55.8 Å². The highest BCUT2D eigenvalue weighted by Crippen LogP contribution is 2.28. The Morgan fingerprint density at radius 2 is 1.78 bits per heavy atom. The number of aryl methyl sites for hydroxylation is 2. The minimum Gasteiger partial charge on any atom is -0.423 e. The lowest BCUT2D eigenvalue weighted by atomic mass is 10.1. The fourth-order valence-electron chi connectivity index (χ4n) is 2.36. The number of fused-ring (bicyclic) bond motifs is 1. The second kappa shape index (κ2) is 6.01. The summed E-state index contributed by atoms with van der Waals surface area (Å²) in [5.74, 6) is -0.0888. The van der Waals surface area contributed by atoms with Gasteiger partial charge in [0, 0.05) is 21.5 Å². The van der Waals surface area contributed by atoms with E-state index >= 15 is 0 Å². The second-order valence-corrected chi connectivity index (χ2v) is 6.13. The fourth-order valence-corrected chi connectivity index (χ4v) is 2.62. The Labute approximate surface area is 140 Å². The van der Waals surface area contributed by atoms with Gasteiger partial charge in [-0.2, -0.15) is 0 Å². The lowest BCUT2D eigenvalue weighted by Gasteiger charge is -2.10. The standard InChI is InChI=1S/C18H13BrO4/c1-10-9-16(20)23-17-11(2)15(8-7-14(10)17)22-18(21)12-3-5-13(19)6-4-12/h3-9H,1-2H3. The Bertz CT molecular complexity index is 955. The Kier molecular flexibility index (Phi) is 4.05. The van der Waals surface area contributed by atoms with Gasteiger partial charge in [0.05, 0.1) is 5.56 Å². The molecule has 0 saturated carbocycles. The Morgan fingerprint density at radius 1 is 1.09 bits per heavy atom. The molecule has 0 unspecified atom stereocenters. The van der Waals surface area contributed by atoms with Gasteiger partial charge in [-0.25, -0.2) is 9.59 Å². The molecule has 0 N–H and O–H groups in total. The van der Waals surface area contributed by atoms with Crippen molar-refractivity contribution < 1.29 is 13.9 Å². The van der Waals surface area contributed by atoms with Crippen LogP contribution in [0.15, 0.2) is 56.1 Å². The number of esters is 1. The zero-order valence-corrected chi connectivity index (χ0v) is 14.1. The predicted octanol–water partition coefficient (Wildman–Crippen LogP) is 4.39. The molecule has 0 atom stereocenters. The second-order valence-electron chi connectivity index (χ2n) is 5.21. The van der Waals surface area contributed by atoms with E-state index in [0.717, 1.165) is 15.4 Å². The van der Waals surface area contributed by atoms with Crippen LogP contribution in [0.25, 0.3) is 11.0 Å². The van der Waals surface area contributed by atoms with Crippen molar-refractivity contribution in [1.82, 2.24) is 0 Å². The van der Waals surface area contributed by atoms with E-state index in [2.05, 4.69) is 15.9 Å². The summed E-state index contributed by atoms with van der Waals surface area (Å²) in [5, 5.41) is 0.825. The highest BCUT2D eigenvalue weighted by atomic mass is 79.9. The summed E-state index contributed by atoms with van der Waals surface area (Å²) >= 11 is 3.32. The third-order valence-electron chi connectivity index (χ3n) is 3.60. The number of rotatable bonds is 2. The minimum absolute atomic E-state index is 0.374. The fraction of sp³-hybridized carbons (Fsp3) is 0.111. The lowest BCUT2D eigenvalue weighted by Crippen LogP contribution is -2.09. The van der Waals surface area contributed by atoms with E-state index < -0.39 is 11.6 Å². The number of carbonyl (C=O) groups is 1. The zero-order valence-electron chi connectivity index (χ0n) is 12.6. The van der Waals surface area contributed by atoms with Crippen LogP contribution in [-0.4, -0.2) is 5.97 Å². The molecule has 0 aliphatic rings. The molecular formula is C18H13BrO4. The Balaban J connectivity index is 2.00. The smallest absolute Gasteiger partial charge is 0.343 e. The average Bonchev–Trinajstić information content (AvgIpc) is 2.51. The van der Waals surface area contributed by atoms with Crippen LogP contribution in [0.2, 0.25) is 0 Å². The molecule has 0 amide bonds. The van der Waals surface area contributed by atoms with Crippen molar-refractivity contribution in [3.05, 3.63) is 74.0 Å². The SMILES string of the molecule is Cc1cc(=O)oc2c(C)c(OC(=O)c3ccc(Br)cc3)ccc12. The number of carbonyl (C=O) groups excluding carboxylic acids is 1. The summed E-state index contributed by atoms with van der Waals surface area (Å²) in [6.07, 6.45) is 0. The third-order valence-corrected chi connectivity index (χ3v) is 4.13. The van der Waals surface area contributed by atoms with Crippen LogP contribution in [0.4, 0.5) is 0 Å². The van der Waals surface area contributed by atoms with Gasteiger partial charge in [0.15, 0.2) is 0 Å². The monoisotopic (exact) mass is 372 g/mol. The summed E-state index contributed by atoms with van der Waals surface area (Å²) in [6.45, 7) is 3.60. The van der Waals surface area contributed by atoms with Gasteiger partial charge in [-0.3, -0.25) is 0 Å². The van der Waals surface area contributed by atoms with Crippen LogP contribution in [-0.2, 0) is 0 Å². The van der Waals surface area contributed by atoms with Crippen molar-refractivity contribution in [2.24, 2.45) is 0 Å². The predicted molar refractivity (Wildman–Crippen MR) is 91.1 cm³/mol. The first kappa shape index (κ1) is 15.5. The molecule has 23 heavy (non-hydrogen) atoms. The number of hydrogen-bond donors (Lipinski definition) is 0. The largest absolute Gasteiger partial charge is 0.423 e. The molecule has 116 valence electrons. The maximum Gasteiger partial charge on any atom is 0.343 e. The van der Waals surface area contributed by atoms with Crippen LogP contribution < -0.4 is 10.4 Å². The van der Waals surface area contributed by atoms with Crippen molar-refractivity contribution in [2.45, 2.75) is 13.8 Å². The van der Waals surface area contributed by atoms with Crippen molar-refractivity contribution in [1.29, 1.82) is 0 Å². The molecule has 0 radical (unpaired) electrons. The highest BCUT2D eigenvalue weighted by Gasteiger charge is 2.14. The van der Waals surface area contributed by atoms with Crippen molar-refractivity contribution in [3.63, 3.8) is 0 Å². The normalized spacial score (nSPS) is 10.7. The van der Waals surface area contributed by atoms with Gasteiger partial charge in [0.2, 0.25) is 0 Å². The van der Waals surface area contributed by atoms with Gasteiger partial charge in [0.25, 0.3) is 0 Å². The molecule has 3 rings (SSSR count). The number of hydrogen-bond acceptors (Lipinski definition) is 4. The molecule has 0 fully saturated rings. The van der Waals surface area contributed by atoms with Gasteiger partial charge in [0.1, 0.15) is 11.3 Å². The summed E-state index contributed by atoms with van der Waals surface area (Å²) < 4.78 is 11.6. The average molecular weight is 373 g/mol. The summed E-state index contributed by atoms with van der Waals surface area (Å²) in [6, 6.07) is 11.8. The summed E-state index contributed by atoms with van der Waals surface area (Å²) in [4.78, 5) is 23.8. The maximum absolute atomic E-state index is 12.2. The zero-order chi connectivity index (χ0) is 16.6. The molecule has 3 aromatic rings. The highest BCUT2D eigenvalue weighted by molar-refractivity contribution is 9.10. The molecule has 4 nitrogen and oxygen atoms in total. The van der Waals surface area contributed by atoms with E-state index in [1.165, 1.54) is 6.07 Å². The summed E-state index contributed by atoms with van der Waals surface area (Å²) in [5.41, 5.74) is 1.91. The van der Waals surface area contributed by atoms with Gasteiger partial charge in [-0.1, -0.05) is 15.9 Å². The van der Waals surface area contributed by atoms with E-state index in [1.54, 1.807) is 43.3 Å². The third kappa shape index (κ3) is 3.05. The molecule has 0 saturated heterocycles. The van der Waals surface area contributed by atoms with E-state index in [0.29, 0.717) is 22.5 Å². The quantitative estimate of drug-likeness (QED) is 0.380. The molecule has 1 heterocycles. The molecule has 2 aromatic carbocycles. The van der Waals surface area contributed by atoms with Crippen LogP contribution in [0.1, 0.15) is 21.5 Å². The number of benzene rings is 2. The van der Waals surface area contributed by atoms with Crippen LogP contribution in [0, 0.1) is 13.8 Å². The first-order valence-corrected chi connectivity index (χ1v) is 7.77. The maximum atomic E-state index is 12.2. The van der Waals surface area contributed by atoms with Crippen LogP contribution in [0.3, 0.4) is 0 Å². The van der Waals surface area contributed by atoms with E-state index in [1.807, 2.05) is 6.92 Å². The minimum atomic E-state index is -0.463. The molecule has 0 bridgehead atoms. The van der Waals surface area contributed by atoms with Crippen molar-refractivity contribution >= 4 is 32.9 Å². The molecule has 0 aliphatic heterocycles. The first-order valence-electron chi connectivity index (χ1n) is 6.97. The van der Waals surface area contributed by atoms with Gasteiger partial charge >= 0.3 is 11.6 Å². The topological polar surface area (TPSA) is 56.5 Å². The van der Waals surface area contributed by atoms with Gasteiger partial charge < -0.3 is 9.15 Å². The van der Waals surface area contributed by atoms with Crippen LogP contribution >= 0.6 is 15.9 Å². The van der Waals surface area contributed by atoms with Gasteiger partial charge in [-0.15, -0.1) is 0 Å². The molecular weight excluding hydrogens is 360 g/mol. The van der Waals surface area contributed by atoms with E-state index in [9.17, 15) is 9.59 Å². The first-order chi connectivity index (χ1) is 11.0. The van der Waals surface area contributed by atoms with Crippen molar-refractivity contribution in [2.75, 3.05) is 0 Å². The molecule has 1 aromatic heterocycles. The lowest BCUT2D eigenvalue weighted by molar-refractivity contribution is 0.0733. The number of halogens is 1. The summed E-state index contributed by atoms with van der Waals surface area (Å²) in [7, 11) is 0. The van der Waals surface area contributed by atoms with E-state index in [-0.39, 0.29) is 0 Å². The molecule has 0 aliphatic carbocycles. The molecule has 5 heteroatoms.